The predicted molar refractivity (Wildman–Crippen MR) is 64.4 cm³/mol. The van der Waals surface area contributed by atoms with Crippen LogP contribution >= 0.6 is 0 Å². The summed E-state index contributed by atoms with van der Waals surface area (Å²) in [6.45, 7) is 1.33. The number of morpholine rings is 1. The number of rotatable bonds is 5. The van der Waals surface area contributed by atoms with Crippen molar-refractivity contribution < 1.29 is 23.8 Å². The van der Waals surface area contributed by atoms with Gasteiger partial charge in [0.1, 0.15) is 11.8 Å². The predicted octanol–water partition coefficient (Wildman–Crippen LogP) is -0.319. The highest BCUT2D eigenvalue weighted by atomic mass is 16.5. The zero-order valence-electron chi connectivity index (χ0n) is 10.4. The smallest absolute Gasteiger partial charge is 0.323 e. The van der Waals surface area contributed by atoms with Gasteiger partial charge in [-0.3, -0.25) is 14.5 Å². The van der Waals surface area contributed by atoms with Gasteiger partial charge in [0.25, 0.3) is 0 Å². The Morgan fingerprint density at radius 1 is 1.53 bits per heavy atom. The van der Waals surface area contributed by atoms with Gasteiger partial charge in [0.2, 0.25) is 5.91 Å². The van der Waals surface area contributed by atoms with Crippen LogP contribution in [0.5, 0.6) is 0 Å². The Labute approximate surface area is 110 Å². The van der Waals surface area contributed by atoms with Crippen molar-refractivity contribution in [3.8, 4) is 0 Å². The fourth-order valence-electron chi connectivity index (χ4n) is 1.89. The van der Waals surface area contributed by atoms with E-state index in [0.717, 1.165) is 0 Å². The molecule has 1 saturated heterocycles. The lowest BCUT2D eigenvalue weighted by atomic mass is 10.2. The quantitative estimate of drug-likeness (QED) is 0.760. The number of hydrogen-bond acceptors (Lipinski definition) is 5. The van der Waals surface area contributed by atoms with Gasteiger partial charge in [-0.2, -0.15) is 0 Å². The summed E-state index contributed by atoms with van der Waals surface area (Å²) >= 11 is 0. The summed E-state index contributed by atoms with van der Waals surface area (Å²) in [5.74, 6) is -0.548. The van der Waals surface area contributed by atoms with Crippen molar-refractivity contribution in [1.29, 1.82) is 0 Å². The van der Waals surface area contributed by atoms with Gasteiger partial charge in [0.05, 0.1) is 32.6 Å². The van der Waals surface area contributed by atoms with Crippen molar-refractivity contribution >= 4 is 11.9 Å². The lowest BCUT2D eigenvalue weighted by Crippen LogP contribution is -2.53. The second kappa shape index (κ2) is 6.35. The molecule has 1 amide bonds. The van der Waals surface area contributed by atoms with Gasteiger partial charge < -0.3 is 19.6 Å². The maximum Gasteiger partial charge on any atom is 0.323 e. The minimum Gasteiger partial charge on any atom is -0.480 e. The Morgan fingerprint density at radius 2 is 2.37 bits per heavy atom. The van der Waals surface area contributed by atoms with E-state index in [1.807, 2.05) is 0 Å². The molecule has 1 aromatic heterocycles. The highest BCUT2D eigenvalue weighted by Crippen LogP contribution is 2.06. The molecule has 0 saturated carbocycles. The monoisotopic (exact) mass is 268 g/mol. The standard InChI is InChI=1S/C12H16N2O5/c15-11(13-6-9-2-1-4-19-9)7-14-3-5-18-8-10(14)12(16)17/h1-2,4,10H,3,5-8H2,(H,13,15)(H,16,17). The topological polar surface area (TPSA) is 92.0 Å². The molecule has 1 atom stereocenters. The van der Waals surface area contributed by atoms with E-state index in [0.29, 0.717) is 25.5 Å². The van der Waals surface area contributed by atoms with Gasteiger partial charge in [-0.05, 0) is 12.1 Å². The number of carboxylic acid groups (broad SMARTS) is 1. The highest BCUT2D eigenvalue weighted by Gasteiger charge is 2.30. The molecule has 1 unspecified atom stereocenters. The Kier molecular flexibility index (Phi) is 4.53. The van der Waals surface area contributed by atoms with E-state index in [2.05, 4.69) is 5.32 Å². The number of nitrogens with zero attached hydrogens (tertiary/aromatic N) is 1. The molecule has 1 aliphatic rings. The van der Waals surface area contributed by atoms with Crippen molar-refractivity contribution in [2.24, 2.45) is 0 Å². The summed E-state index contributed by atoms with van der Waals surface area (Å²) < 4.78 is 10.2. The summed E-state index contributed by atoms with van der Waals surface area (Å²) in [5, 5.41) is 11.7. The largest absolute Gasteiger partial charge is 0.480 e. The molecular weight excluding hydrogens is 252 g/mol. The van der Waals surface area contributed by atoms with Gasteiger partial charge >= 0.3 is 5.97 Å². The van der Waals surface area contributed by atoms with Crippen LogP contribution in [0.15, 0.2) is 22.8 Å². The van der Waals surface area contributed by atoms with Gasteiger partial charge in [0.15, 0.2) is 0 Å². The summed E-state index contributed by atoms with van der Waals surface area (Å²) in [5.41, 5.74) is 0. The van der Waals surface area contributed by atoms with Crippen LogP contribution in [0.25, 0.3) is 0 Å². The Morgan fingerprint density at radius 3 is 3.05 bits per heavy atom. The maximum absolute atomic E-state index is 11.7. The van der Waals surface area contributed by atoms with Crippen LogP contribution in [0.1, 0.15) is 5.76 Å². The van der Waals surface area contributed by atoms with Crippen LogP contribution in [0.2, 0.25) is 0 Å². The molecular formula is C12H16N2O5. The molecule has 2 heterocycles. The first-order valence-corrected chi connectivity index (χ1v) is 6.00. The fraction of sp³-hybridized carbons (Fsp3) is 0.500. The molecule has 7 heteroatoms. The van der Waals surface area contributed by atoms with Crippen LogP contribution in [0.3, 0.4) is 0 Å². The first-order valence-electron chi connectivity index (χ1n) is 6.00. The molecule has 2 rings (SSSR count). The van der Waals surface area contributed by atoms with Gasteiger partial charge in [-0.25, -0.2) is 0 Å². The van der Waals surface area contributed by atoms with Crippen molar-refractivity contribution in [3.05, 3.63) is 24.2 Å². The Bertz CT molecular complexity index is 431. The van der Waals surface area contributed by atoms with E-state index in [4.69, 9.17) is 14.3 Å². The number of hydrogen-bond donors (Lipinski definition) is 2. The minimum absolute atomic E-state index is 0.0427. The summed E-state index contributed by atoms with van der Waals surface area (Å²) in [6.07, 6.45) is 1.53. The van der Waals surface area contributed by atoms with E-state index in [9.17, 15) is 9.59 Å². The van der Waals surface area contributed by atoms with Crippen LogP contribution in [-0.4, -0.2) is 54.2 Å². The third kappa shape index (κ3) is 3.80. The molecule has 0 aliphatic carbocycles. The summed E-state index contributed by atoms with van der Waals surface area (Å²) in [4.78, 5) is 24.4. The molecule has 0 radical (unpaired) electrons. The first kappa shape index (κ1) is 13.6. The summed E-state index contributed by atoms with van der Waals surface area (Å²) in [7, 11) is 0. The third-order valence-corrected chi connectivity index (χ3v) is 2.91. The highest BCUT2D eigenvalue weighted by molar-refractivity contribution is 5.80. The van der Waals surface area contributed by atoms with Gasteiger partial charge in [0, 0.05) is 6.54 Å². The first-order chi connectivity index (χ1) is 9.16. The molecule has 7 nitrogen and oxygen atoms in total. The van der Waals surface area contributed by atoms with E-state index in [-0.39, 0.29) is 19.1 Å². The molecule has 2 N–H and O–H groups in total. The average Bonchev–Trinajstić information content (AvgIpc) is 2.90. The van der Waals surface area contributed by atoms with Crippen molar-refractivity contribution in [1.82, 2.24) is 10.2 Å². The van der Waals surface area contributed by atoms with Crippen molar-refractivity contribution in [2.75, 3.05) is 26.3 Å². The third-order valence-electron chi connectivity index (χ3n) is 2.91. The Hall–Kier alpha value is -1.86. The molecule has 19 heavy (non-hydrogen) atoms. The zero-order chi connectivity index (χ0) is 13.7. The number of furan rings is 1. The minimum atomic E-state index is -0.974. The average molecular weight is 268 g/mol. The van der Waals surface area contributed by atoms with Crippen molar-refractivity contribution in [3.63, 3.8) is 0 Å². The molecule has 104 valence electrons. The van der Waals surface area contributed by atoms with Crippen molar-refractivity contribution in [2.45, 2.75) is 12.6 Å². The second-order valence-corrected chi connectivity index (χ2v) is 4.26. The molecule has 1 aromatic rings. The van der Waals surface area contributed by atoms with E-state index in [1.165, 1.54) is 6.26 Å². The number of carbonyl (C=O) groups is 2. The number of aliphatic carboxylic acids is 1. The second-order valence-electron chi connectivity index (χ2n) is 4.26. The van der Waals surface area contributed by atoms with Crippen LogP contribution < -0.4 is 5.32 Å². The van der Waals surface area contributed by atoms with Crippen LogP contribution in [0, 0.1) is 0 Å². The zero-order valence-corrected chi connectivity index (χ0v) is 10.4. The molecule has 0 spiro atoms. The van der Waals surface area contributed by atoms with Crippen LogP contribution in [-0.2, 0) is 20.9 Å². The number of amides is 1. The van der Waals surface area contributed by atoms with Gasteiger partial charge in [-0.15, -0.1) is 0 Å². The number of nitrogens with one attached hydrogen (secondary N) is 1. The summed E-state index contributed by atoms with van der Waals surface area (Å²) in [6, 6.07) is 2.74. The molecule has 1 fully saturated rings. The lowest BCUT2D eigenvalue weighted by molar-refractivity contribution is -0.150. The molecule has 0 bridgehead atoms. The number of carboxylic acids is 1. The van der Waals surface area contributed by atoms with Crippen LogP contribution in [0.4, 0.5) is 0 Å². The Balaban J connectivity index is 1.81. The fourth-order valence-corrected chi connectivity index (χ4v) is 1.89. The molecule has 1 aliphatic heterocycles. The number of carbonyl (C=O) groups excluding carboxylic acids is 1. The van der Waals surface area contributed by atoms with E-state index >= 15 is 0 Å². The van der Waals surface area contributed by atoms with E-state index < -0.39 is 12.0 Å². The normalized spacial score (nSPS) is 20.1. The maximum atomic E-state index is 11.7. The van der Waals surface area contributed by atoms with Gasteiger partial charge in [-0.1, -0.05) is 0 Å². The van der Waals surface area contributed by atoms with E-state index in [1.54, 1.807) is 17.0 Å². The SMILES string of the molecule is O=C(CN1CCOCC1C(=O)O)NCc1ccco1. The number of ether oxygens (including phenoxy) is 1. The lowest BCUT2D eigenvalue weighted by Gasteiger charge is -2.31. The molecule has 0 aromatic carbocycles.